The van der Waals surface area contributed by atoms with Gasteiger partial charge in [0.2, 0.25) is 5.91 Å². The summed E-state index contributed by atoms with van der Waals surface area (Å²) < 4.78 is 20.3. The number of rotatable bonds is 10. The number of esters is 1. The Hall–Kier alpha value is -3.73. The molecular weight excluding hydrogens is 461 g/mol. The average Bonchev–Trinajstić information content (AvgIpc) is 3.24. The Morgan fingerprint density at radius 3 is 2.65 bits per heavy atom. The summed E-state index contributed by atoms with van der Waals surface area (Å²) in [6, 6.07) is 12.2. The number of hydrogen-bond donors (Lipinski definition) is 2. The molecule has 2 aromatic carbocycles. The number of ether oxygens (including phenoxy) is 1. The molecule has 178 valence electrons. The van der Waals surface area contributed by atoms with E-state index in [1.54, 1.807) is 24.3 Å². The summed E-state index contributed by atoms with van der Waals surface area (Å²) in [6.07, 6.45) is 0.397. The molecule has 0 saturated carbocycles. The molecule has 0 fully saturated rings. The van der Waals surface area contributed by atoms with E-state index in [4.69, 9.17) is 0 Å². The van der Waals surface area contributed by atoms with Crippen LogP contribution in [0, 0.1) is 5.82 Å². The lowest BCUT2D eigenvalue weighted by Gasteiger charge is -2.09. The van der Waals surface area contributed by atoms with Gasteiger partial charge in [-0.2, -0.15) is 0 Å². The summed E-state index contributed by atoms with van der Waals surface area (Å²) in [5, 5.41) is 14.3. The highest BCUT2D eigenvalue weighted by molar-refractivity contribution is 7.99. The molecule has 2 amide bonds. The van der Waals surface area contributed by atoms with Crippen molar-refractivity contribution < 1.29 is 23.5 Å². The van der Waals surface area contributed by atoms with Gasteiger partial charge < -0.3 is 19.9 Å². The fraction of sp³-hybridized carbons (Fsp3) is 0.261. The minimum absolute atomic E-state index is 0.0150. The third kappa shape index (κ3) is 6.41. The normalized spacial score (nSPS) is 10.6. The van der Waals surface area contributed by atoms with E-state index in [9.17, 15) is 18.8 Å². The first-order valence-corrected chi connectivity index (χ1v) is 11.5. The van der Waals surface area contributed by atoms with Gasteiger partial charge in [0.1, 0.15) is 11.6 Å². The van der Waals surface area contributed by atoms with Gasteiger partial charge in [0.05, 0.1) is 24.0 Å². The molecule has 0 aliphatic heterocycles. The number of carbonyl (C=O) groups is 3. The molecule has 3 aromatic rings. The van der Waals surface area contributed by atoms with Crippen LogP contribution in [-0.2, 0) is 22.5 Å². The minimum atomic E-state index is -0.578. The van der Waals surface area contributed by atoms with Crippen LogP contribution in [0.2, 0.25) is 0 Å². The quantitative estimate of drug-likeness (QED) is 0.335. The topological polar surface area (TPSA) is 115 Å². The number of hydrogen-bond acceptors (Lipinski definition) is 7. The molecule has 0 aliphatic rings. The van der Waals surface area contributed by atoms with E-state index in [0.29, 0.717) is 35.2 Å². The lowest BCUT2D eigenvalue weighted by atomic mass is 10.2. The molecule has 0 unspecified atom stereocenters. The molecule has 34 heavy (non-hydrogen) atoms. The van der Waals surface area contributed by atoms with Crippen molar-refractivity contribution in [1.29, 1.82) is 0 Å². The van der Waals surface area contributed by atoms with Crippen molar-refractivity contribution in [3.8, 4) is 0 Å². The van der Waals surface area contributed by atoms with E-state index < -0.39 is 17.7 Å². The molecule has 0 spiro atoms. The van der Waals surface area contributed by atoms with Crippen molar-refractivity contribution in [3.05, 3.63) is 71.3 Å². The fourth-order valence-corrected chi connectivity index (χ4v) is 3.95. The van der Waals surface area contributed by atoms with Crippen LogP contribution in [-0.4, -0.2) is 52.0 Å². The maximum atomic E-state index is 13.7. The highest BCUT2D eigenvalue weighted by Crippen LogP contribution is 2.18. The number of nitrogens with zero attached hydrogens (tertiary/aromatic N) is 3. The number of methoxy groups -OCH3 is 1. The zero-order valence-electron chi connectivity index (χ0n) is 18.7. The van der Waals surface area contributed by atoms with Crippen molar-refractivity contribution in [2.24, 2.45) is 0 Å². The second-order valence-electron chi connectivity index (χ2n) is 7.04. The van der Waals surface area contributed by atoms with Crippen LogP contribution in [0.3, 0.4) is 0 Å². The molecule has 3 rings (SSSR count). The Morgan fingerprint density at radius 2 is 1.91 bits per heavy atom. The van der Waals surface area contributed by atoms with E-state index >= 15 is 0 Å². The molecule has 1 aromatic heterocycles. The lowest BCUT2D eigenvalue weighted by molar-refractivity contribution is -0.113. The van der Waals surface area contributed by atoms with Gasteiger partial charge in [-0.05, 0) is 37.3 Å². The zero-order chi connectivity index (χ0) is 24.5. The van der Waals surface area contributed by atoms with Crippen LogP contribution in [0.5, 0.6) is 0 Å². The number of halogens is 1. The Balaban J connectivity index is 1.53. The summed E-state index contributed by atoms with van der Waals surface area (Å²) in [4.78, 5) is 36.2. The molecule has 0 aliphatic carbocycles. The van der Waals surface area contributed by atoms with Gasteiger partial charge in [0.15, 0.2) is 5.16 Å². The van der Waals surface area contributed by atoms with E-state index in [0.717, 1.165) is 0 Å². The molecule has 0 radical (unpaired) electrons. The summed E-state index contributed by atoms with van der Waals surface area (Å²) in [6.45, 7) is 2.76. The van der Waals surface area contributed by atoms with Crippen molar-refractivity contribution in [2.45, 2.75) is 25.0 Å². The van der Waals surface area contributed by atoms with Gasteiger partial charge in [-0.15, -0.1) is 10.2 Å². The second kappa shape index (κ2) is 11.9. The zero-order valence-corrected chi connectivity index (χ0v) is 19.5. The number of aromatic nitrogens is 3. The van der Waals surface area contributed by atoms with Crippen LogP contribution in [0.25, 0.3) is 0 Å². The Labute approximate surface area is 200 Å². The molecule has 11 heteroatoms. The van der Waals surface area contributed by atoms with Gasteiger partial charge in [0.25, 0.3) is 5.91 Å². The first-order chi connectivity index (χ1) is 16.4. The summed E-state index contributed by atoms with van der Waals surface area (Å²) in [7, 11) is 1.29. The molecule has 1 heterocycles. The predicted molar refractivity (Wildman–Crippen MR) is 125 cm³/mol. The molecular formula is C23H24FN5O4S. The predicted octanol–water partition coefficient (Wildman–Crippen LogP) is 2.93. The van der Waals surface area contributed by atoms with Crippen LogP contribution >= 0.6 is 11.8 Å². The summed E-state index contributed by atoms with van der Waals surface area (Å²) in [5.74, 6) is -1.10. The van der Waals surface area contributed by atoms with E-state index in [1.165, 1.54) is 43.1 Å². The minimum Gasteiger partial charge on any atom is -0.465 e. The number of carbonyl (C=O) groups excluding carboxylic acids is 3. The smallest absolute Gasteiger partial charge is 0.337 e. The Bertz CT molecular complexity index is 1180. The Kier molecular flexibility index (Phi) is 8.74. The maximum Gasteiger partial charge on any atom is 0.337 e. The van der Waals surface area contributed by atoms with Crippen molar-refractivity contribution in [2.75, 3.05) is 24.7 Å². The molecule has 0 atom stereocenters. The second-order valence-corrected chi connectivity index (χ2v) is 7.98. The van der Waals surface area contributed by atoms with Gasteiger partial charge in [-0.25, -0.2) is 9.18 Å². The first-order valence-electron chi connectivity index (χ1n) is 10.5. The van der Waals surface area contributed by atoms with Gasteiger partial charge in [0, 0.05) is 25.2 Å². The summed E-state index contributed by atoms with van der Waals surface area (Å²) in [5.41, 5.74) is 0.806. The fourth-order valence-electron chi connectivity index (χ4n) is 3.13. The standard InChI is InChI=1S/C23H24FN5O4S/c1-3-29-19(11-12-25-21(31)17-9-4-5-10-18(17)24)27-28-23(29)34-14-20(30)26-16-8-6-7-15(13-16)22(32)33-2/h4-10,13H,3,11-12,14H2,1-2H3,(H,25,31)(H,26,30). The largest absolute Gasteiger partial charge is 0.465 e. The van der Waals surface area contributed by atoms with Crippen LogP contribution in [0.4, 0.5) is 10.1 Å². The highest BCUT2D eigenvalue weighted by Gasteiger charge is 2.15. The number of benzene rings is 2. The van der Waals surface area contributed by atoms with Crippen molar-refractivity contribution in [1.82, 2.24) is 20.1 Å². The van der Waals surface area contributed by atoms with E-state index in [-0.39, 0.29) is 23.8 Å². The summed E-state index contributed by atoms with van der Waals surface area (Å²) >= 11 is 1.22. The Morgan fingerprint density at radius 1 is 1.12 bits per heavy atom. The highest BCUT2D eigenvalue weighted by atomic mass is 32.2. The maximum absolute atomic E-state index is 13.7. The number of amides is 2. The van der Waals surface area contributed by atoms with Crippen molar-refractivity contribution >= 4 is 35.2 Å². The van der Waals surface area contributed by atoms with Crippen LogP contribution < -0.4 is 10.6 Å². The van der Waals surface area contributed by atoms with Gasteiger partial charge >= 0.3 is 5.97 Å². The third-order valence-corrected chi connectivity index (χ3v) is 5.73. The number of thioether (sulfide) groups is 1. The molecule has 0 saturated heterocycles. The number of nitrogens with one attached hydrogen (secondary N) is 2. The molecule has 0 bridgehead atoms. The average molecular weight is 486 g/mol. The van der Waals surface area contributed by atoms with E-state index in [2.05, 4.69) is 25.6 Å². The first kappa shape index (κ1) is 24.9. The van der Waals surface area contributed by atoms with Gasteiger partial charge in [-0.3, -0.25) is 9.59 Å². The molecule has 9 nitrogen and oxygen atoms in total. The van der Waals surface area contributed by atoms with E-state index in [1.807, 2.05) is 11.5 Å². The third-order valence-electron chi connectivity index (χ3n) is 4.76. The molecule has 2 N–H and O–H groups in total. The number of anilines is 1. The van der Waals surface area contributed by atoms with Gasteiger partial charge in [-0.1, -0.05) is 30.0 Å². The lowest BCUT2D eigenvalue weighted by Crippen LogP contribution is -2.27. The van der Waals surface area contributed by atoms with Crippen LogP contribution in [0.1, 0.15) is 33.5 Å². The van der Waals surface area contributed by atoms with Crippen molar-refractivity contribution in [3.63, 3.8) is 0 Å². The monoisotopic (exact) mass is 485 g/mol. The SMILES string of the molecule is CCn1c(CCNC(=O)c2ccccc2F)nnc1SCC(=O)Nc1cccc(C(=O)OC)c1. The van der Waals surface area contributed by atoms with Crippen LogP contribution in [0.15, 0.2) is 53.7 Å².